The van der Waals surface area contributed by atoms with Crippen molar-refractivity contribution in [2.75, 3.05) is 0 Å². The summed E-state index contributed by atoms with van der Waals surface area (Å²) in [6, 6.07) is 7.89. The Morgan fingerprint density at radius 3 is 2.33 bits per heavy atom. The fourth-order valence-electron chi connectivity index (χ4n) is 1.80. The minimum atomic E-state index is -1.83. The van der Waals surface area contributed by atoms with E-state index in [2.05, 4.69) is 52.6 Å². The van der Waals surface area contributed by atoms with Crippen LogP contribution in [-0.4, -0.2) is 14.1 Å². The second kappa shape index (κ2) is 6.59. The molecule has 2 nitrogen and oxygen atoms in total. The van der Waals surface area contributed by atoms with Gasteiger partial charge in [0.2, 0.25) is 5.78 Å². The maximum atomic E-state index is 11.1. The molecule has 0 aliphatic rings. The van der Waals surface area contributed by atoms with Crippen LogP contribution in [0.4, 0.5) is 0 Å². The first-order valence-electron chi connectivity index (χ1n) is 7.34. The second-order valence-electron chi connectivity index (χ2n) is 6.91. The number of hydrogen-bond acceptors (Lipinski definition) is 2. The third-order valence-corrected chi connectivity index (χ3v) is 8.60. The lowest BCUT2D eigenvalue weighted by atomic mass is 10.0. The summed E-state index contributed by atoms with van der Waals surface area (Å²) >= 11 is 0. The number of carbonyl (C=O) groups is 1. The van der Waals surface area contributed by atoms with Gasteiger partial charge in [-0.3, -0.25) is 4.79 Å². The van der Waals surface area contributed by atoms with Crippen LogP contribution in [0.25, 0.3) is 0 Å². The Morgan fingerprint density at radius 2 is 1.81 bits per heavy atom. The summed E-state index contributed by atoms with van der Waals surface area (Å²) in [7, 11) is -1.83. The summed E-state index contributed by atoms with van der Waals surface area (Å²) in [4.78, 5) is 11.1. The molecule has 0 aliphatic carbocycles. The molecule has 0 amide bonds. The van der Waals surface area contributed by atoms with Crippen LogP contribution in [0.5, 0.6) is 0 Å². The van der Waals surface area contributed by atoms with Crippen LogP contribution in [-0.2, 0) is 9.22 Å². The second-order valence-corrected chi connectivity index (χ2v) is 11.7. The fraction of sp³-hybridized carbons (Fsp3) is 0.500. The molecule has 3 heteroatoms. The van der Waals surface area contributed by atoms with Crippen molar-refractivity contribution in [1.82, 2.24) is 0 Å². The molecule has 0 saturated carbocycles. The topological polar surface area (TPSA) is 26.3 Å². The Balaban J connectivity index is 3.07. The van der Waals surface area contributed by atoms with E-state index < -0.39 is 8.32 Å². The Bertz CT molecular complexity index is 571. The molecule has 0 aliphatic heterocycles. The molecule has 1 aromatic rings. The molecule has 0 spiro atoms. The third kappa shape index (κ3) is 4.84. The maximum absolute atomic E-state index is 11.1. The Morgan fingerprint density at radius 1 is 1.24 bits per heavy atom. The summed E-state index contributed by atoms with van der Waals surface area (Å²) in [5.74, 6) is 5.45. The Kier molecular flexibility index (Phi) is 5.55. The minimum absolute atomic E-state index is 0.0247. The summed E-state index contributed by atoms with van der Waals surface area (Å²) in [6.45, 7) is 14.7. The van der Waals surface area contributed by atoms with Gasteiger partial charge in [-0.2, -0.15) is 0 Å². The van der Waals surface area contributed by atoms with Gasteiger partial charge in [0.05, 0.1) is 6.10 Å². The largest absolute Gasteiger partial charge is 0.410 e. The molecular weight excluding hydrogens is 276 g/mol. The molecule has 21 heavy (non-hydrogen) atoms. The number of Topliss-reactive ketones (excluding diaryl/α,β-unsaturated/α-hetero) is 1. The van der Waals surface area contributed by atoms with Crippen LogP contribution < -0.4 is 0 Å². The smallest absolute Gasteiger partial charge is 0.202 e. The van der Waals surface area contributed by atoms with Crippen molar-refractivity contribution < 1.29 is 9.22 Å². The van der Waals surface area contributed by atoms with E-state index >= 15 is 0 Å². The van der Waals surface area contributed by atoms with Crippen molar-refractivity contribution in [3.05, 3.63) is 35.4 Å². The van der Waals surface area contributed by atoms with Gasteiger partial charge in [-0.15, -0.1) is 0 Å². The average molecular weight is 302 g/mol. The molecule has 1 unspecified atom stereocenters. The number of ketones is 1. The zero-order chi connectivity index (χ0) is 16.3. The van der Waals surface area contributed by atoms with E-state index in [0.717, 1.165) is 11.1 Å². The fourth-order valence-corrected chi connectivity index (χ4v) is 3.17. The van der Waals surface area contributed by atoms with Crippen LogP contribution in [0.15, 0.2) is 24.3 Å². The van der Waals surface area contributed by atoms with E-state index in [-0.39, 0.29) is 16.9 Å². The lowest BCUT2D eigenvalue weighted by molar-refractivity contribution is -0.111. The molecule has 0 fully saturated rings. The molecule has 0 N–H and O–H groups in total. The zero-order valence-corrected chi connectivity index (χ0v) is 15.2. The Labute approximate surface area is 130 Å². The summed E-state index contributed by atoms with van der Waals surface area (Å²) in [5.41, 5.74) is 1.93. The zero-order valence-electron chi connectivity index (χ0n) is 14.2. The molecule has 0 saturated heterocycles. The van der Waals surface area contributed by atoms with Crippen molar-refractivity contribution in [3.63, 3.8) is 0 Å². The molecule has 114 valence electrons. The first kappa shape index (κ1) is 17.7. The lowest BCUT2D eigenvalue weighted by Crippen LogP contribution is -2.41. The van der Waals surface area contributed by atoms with Gasteiger partial charge in [-0.25, -0.2) is 0 Å². The third-order valence-electron chi connectivity index (χ3n) is 4.05. The molecule has 0 heterocycles. The van der Waals surface area contributed by atoms with Crippen LogP contribution in [0.3, 0.4) is 0 Å². The monoisotopic (exact) mass is 302 g/mol. The first-order valence-corrected chi connectivity index (χ1v) is 10.2. The highest BCUT2D eigenvalue weighted by Crippen LogP contribution is 2.39. The van der Waals surface area contributed by atoms with Gasteiger partial charge in [-0.05, 0) is 42.6 Å². The van der Waals surface area contributed by atoms with E-state index in [4.69, 9.17) is 4.43 Å². The van der Waals surface area contributed by atoms with Crippen molar-refractivity contribution in [2.24, 2.45) is 0 Å². The van der Waals surface area contributed by atoms with Gasteiger partial charge in [0, 0.05) is 12.5 Å². The van der Waals surface area contributed by atoms with Crippen molar-refractivity contribution in [3.8, 4) is 11.8 Å². The lowest BCUT2D eigenvalue weighted by Gasteiger charge is -2.38. The minimum Gasteiger partial charge on any atom is -0.410 e. The maximum Gasteiger partial charge on any atom is 0.202 e. The molecule has 0 bridgehead atoms. The highest BCUT2D eigenvalue weighted by Gasteiger charge is 2.38. The predicted molar refractivity (Wildman–Crippen MR) is 90.7 cm³/mol. The molecule has 1 aromatic carbocycles. The quantitative estimate of drug-likeness (QED) is 0.597. The highest BCUT2D eigenvalue weighted by molar-refractivity contribution is 6.74. The normalized spacial score (nSPS) is 13.3. The standard InChI is InChI=1S/C18H26O2Si/c1-14(19)12-13-16-10-8-9-11-17(16)15(2)20-21(6,7)18(3,4)5/h8-11,15H,1-7H3. The van der Waals surface area contributed by atoms with Crippen molar-refractivity contribution in [2.45, 2.75) is 58.9 Å². The van der Waals surface area contributed by atoms with Gasteiger partial charge in [0.25, 0.3) is 0 Å². The van der Waals surface area contributed by atoms with Crippen LogP contribution >= 0.6 is 0 Å². The molecule has 0 radical (unpaired) electrons. The predicted octanol–water partition coefficient (Wildman–Crippen LogP) is 4.71. The summed E-state index contributed by atoms with van der Waals surface area (Å²) < 4.78 is 6.42. The van der Waals surface area contributed by atoms with E-state index in [9.17, 15) is 4.79 Å². The van der Waals surface area contributed by atoms with Crippen LogP contribution in [0, 0.1) is 11.8 Å². The number of rotatable bonds is 3. The van der Waals surface area contributed by atoms with E-state index in [1.165, 1.54) is 6.92 Å². The van der Waals surface area contributed by atoms with Crippen molar-refractivity contribution in [1.29, 1.82) is 0 Å². The van der Waals surface area contributed by atoms with Gasteiger partial charge in [0.15, 0.2) is 8.32 Å². The van der Waals surface area contributed by atoms with Crippen LogP contribution in [0.2, 0.25) is 18.1 Å². The molecule has 1 atom stereocenters. The summed E-state index contributed by atoms with van der Waals surface area (Å²) in [5, 5.41) is 0.168. The number of benzene rings is 1. The van der Waals surface area contributed by atoms with Gasteiger partial charge >= 0.3 is 0 Å². The molecule has 0 aromatic heterocycles. The van der Waals surface area contributed by atoms with Gasteiger partial charge in [0.1, 0.15) is 0 Å². The highest BCUT2D eigenvalue weighted by atomic mass is 28.4. The van der Waals surface area contributed by atoms with E-state index in [1.807, 2.05) is 24.3 Å². The number of carbonyl (C=O) groups excluding carboxylic acids is 1. The van der Waals surface area contributed by atoms with Gasteiger partial charge in [-0.1, -0.05) is 44.9 Å². The first-order chi connectivity index (χ1) is 9.54. The van der Waals surface area contributed by atoms with Crippen molar-refractivity contribution >= 4 is 14.1 Å². The average Bonchev–Trinajstić information content (AvgIpc) is 2.34. The molecule has 1 rings (SSSR count). The summed E-state index contributed by atoms with van der Waals surface area (Å²) in [6.07, 6.45) is -0.0247. The van der Waals surface area contributed by atoms with Gasteiger partial charge < -0.3 is 4.43 Å². The SMILES string of the molecule is CC(=O)C#Cc1ccccc1C(C)O[Si](C)(C)C(C)(C)C. The van der Waals surface area contributed by atoms with Crippen LogP contribution in [0.1, 0.15) is 51.8 Å². The molecular formula is C18H26O2Si. The number of hydrogen-bond donors (Lipinski definition) is 0. The van der Waals surface area contributed by atoms with E-state index in [1.54, 1.807) is 0 Å². The van der Waals surface area contributed by atoms with E-state index in [0.29, 0.717) is 0 Å². The Hall–Kier alpha value is -1.37.